The number of nitrogens with one attached hydrogen (secondary N) is 2. The lowest BCUT2D eigenvalue weighted by Gasteiger charge is -2.10. The second-order valence-corrected chi connectivity index (χ2v) is 6.66. The Hall–Kier alpha value is -1.89. The fourth-order valence-corrected chi connectivity index (χ4v) is 2.65. The molecule has 0 bridgehead atoms. The molecule has 23 heavy (non-hydrogen) atoms. The number of hydrogen-bond acceptors (Lipinski definition) is 5. The highest BCUT2D eigenvalue weighted by Gasteiger charge is 2.07. The van der Waals surface area contributed by atoms with Crippen LogP contribution in [-0.2, 0) is 13.0 Å². The van der Waals surface area contributed by atoms with Gasteiger partial charge in [-0.1, -0.05) is 19.0 Å². The topological polar surface area (TPSA) is 75.3 Å². The van der Waals surface area contributed by atoms with Gasteiger partial charge in [-0.2, -0.15) is 0 Å². The fourth-order valence-electron chi connectivity index (χ4n) is 2.01. The molecule has 0 radical (unpaired) electrons. The first kappa shape index (κ1) is 17.5. The largest absolute Gasteiger partial charge is 0.359 e. The Balaban J connectivity index is 1.85. The molecule has 0 aromatic carbocycles. The molecule has 2 heterocycles. The molecule has 2 rings (SSSR count). The average molecular weight is 335 g/mol. The van der Waals surface area contributed by atoms with E-state index < -0.39 is 0 Å². The van der Waals surface area contributed by atoms with E-state index in [0.717, 1.165) is 47.6 Å². The van der Waals surface area contributed by atoms with Crippen LogP contribution in [0.2, 0.25) is 0 Å². The minimum atomic E-state index is 0.365. The summed E-state index contributed by atoms with van der Waals surface area (Å²) in [6.45, 7) is 10.3. The first-order valence-electron chi connectivity index (χ1n) is 7.97. The molecule has 2 aromatic heterocycles. The van der Waals surface area contributed by atoms with Crippen molar-refractivity contribution in [2.45, 2.75) is 46.6 Å². The van der Waals surface area contributed by atoms with Gasteiger partial charge >= 0.3 is 0 Å². The molecule has 6 nitrogen and oxygen atoms in total. The smallest absolute Gasteiger partial charge is 0.191 e. The second kappa shape index (κ2) is 8.67. The van der Waals surface area contributed by atoms with Crippen molar-refractivity contribution < 1.29 is 4.52 Å². The molecule has 0 unspecified atom stereocenters. The van der Waals surface area contributed by atoms with Crippen molar-refractivity contribution in [3.05, 3.63) is 33.6 Å². The molecular formula is C16H25N5OS. The van der Waals surface area contributed by atoms with Crippen LogP contribution >= 0.6 is 11.3 Å². The first-order chi connectivity index (χ1) is 11.1. The number of hydrogen-bond donors (Lipinski definition) is 2. The summed E-state index contributed by atoms with van der Waals surface area (Å²) in [6.07, 6.45) is 0.883. The van der Waals surface area contributed by atoms with Gasteiger partial charge in [-0.3, -0.25) is 0 Å². The van der Waals surface area contributed by atoms with Gasteiger partial charge in [0.25, 0.3) is 0 Å². The van der Waals surface area contributed by atoms with Gasteiger partial charge in [0.2, 0.25) is 0 Å². The zero-order chi connectivity index (χ0) is 16.7. The maximum atomic E-state index is 5.31. The number of rotatable bonds is 7. The maximum absolute atomic E-state index is 5.31. The molecule has 2 aromatic rings. The predicted octanol–water partition coefficient (Wildman–Crippen LogP) is 2.86. The third kappa shape index (κ3) is 5.67. The van der Waals surface area contributed by atoms with Gasteiger partial charge in [0, 0.05) is 31.0 Å². The van der Waals surface area contributed by atoms with Gasteiger partial charge in [-0.15, -0.1) is 11.3 Å². The van der Waals surface area contributed by atoms with Crippen LogP contribution in [-0.4, -0.2) is 29.2 Å². The van der Waals surface area contributed by atoms with Gasteiger partial charge in [-0.05, 0) is 19.8 Å². The highest BCUT2D eigenvalue weighted by atomic mass is 32.1. The molecule has 0 spiro atoms. The molecule has 2 N–H and O–H groups in total. The third-order valence-corrected chi connectivity index (χ3v) is 4.07. The Morgan fingerprint density at radius 3 is 2.83 bits per heavy atom. The number of aromatic nitrogens is 2. The molecule has 0 aliphatic rings. The summed E-state index contributed by atoms with van der Waals surface area (Å²) in [5, 5.41) is 13.8. The Bertz CT molecular complexity index is 632. The van der Waals surface area contributed by atoms with Crippen molar-refractivity contribution in [1.29, 1.82) is 0 Å². The molecule has 0 amide bonds. The normalized spacial score (nSPS) is 12.0. The first-order valence-corrected chi connectivity index (χ1v) is 8.85. The second-order valence-electron chi connectivity index (χ2n) is 5.60. The zero-order valence-corrected chi connectivity index (χ0v) is 15.0. The number of thiazole rings is 1. The number of aliphatic imine (C=N–C) groups is 1. The fraction of sp³-hybridized carbons (Fsp3) is 0.562. The van der Waals surface area contributed by atoms with Crippen LogP contribution in [0, 0.1) is 6.92 Å². The maximum Gasteiger partial charge on any atom is 0.191 e. The van der Waals surface area contributed by atoms with Crippen LogP contribution in [0.25, 0.3) is 0 Å². The van der Waals surface area contributed by atoms with Crippen molar-refractivity contribution in [1.82, 2.24) is 20.8 Å². The molecule has 7 heteroatoms. The molecule has 0 atom stereocenters. The number of nitrogens with zero attached hydrogens (tertiary/aromatic N) is 3. The van der Waals surface area contributed by atoms with Crippen molar-refractivity contribution in [3.63, 3.8) is 0 Å². The van der Waals surface area contributed by atoms with E-state index >= 15 is 0 Å². The van der Waals surface area contributed by atoms with Gasteiger partial charge in [0.15, 0.2) is 11.7 Å². The van der Waals surface area contributed by atoms with E-state index in [4.69, 9.17) is 4.52 Å². The minimum Gasteiger partial charge on any atom is -0.359 e. The number of guanidine groups is 1. The average Bonchev–Trinajstić information content (AvgIpc) is 3.14. The van der Waals surface area contributed by atoms with E-state index in [1.807, 2.05) is 19.9 Å². The van der Waals surface area contributed by atoms with E-state index in [0.29, 0.717) is 12.5 Å². The highest BCUT2D eigenvalue weighted by molar-refractivity contribution is 7.09. The van der Waals surface area contributed by atoms with Crippen molar-refractivity contribution >= 4 is 17.3 Å². The molecule has 0 aliphatic heterocycles. The predicted molar refractivity (Wildman–Crippen MR) is 94.0 cm³/mol. The molecule has 0 aliphatic carbocycles. The summed E-state index contributed by atoms with van der Waals surface area (Å²) in [6, 6.07) is 1.97. The summed E-state index contributed by atoms with van der Waals surface area (Å²) in [7, 11) is 0. The van der Waals surface area contributed by atoms with Gasteiger partial charge in [-0.25, -0.2) is 9.98 Å². The summed E-state index contributed by atoms with van der Waals surface area (Å²) in [5.74, 6) is 1.92. The van der Waals surface area contributed by atoms with Crippen LogP contribution in [0.3, 0.4) is 0 Å². The van der Waals surface area contributed by atoms with E-state index in [1.165, 1.54) is 0 Å². The molecule has 126 valence electrons. The summed E-state index contributed by atoms with van der Waals surface area (Å²) in [5.41, 5.74) is 2.08. The molecular weight excluding hydrogens is 310 g/mol. The Kier molecular flexibility index (Phi) is 6.58. The van der Waals surface area contributed by atoms with Crippen LogP contribution in [0.15, 0.2) is 21.0 Å². The van der Waals surface area contributed by atoms with Gasteiger partial charge in [0.1, 0.15) is 6.54 Å². The van der Waals surface area contributed by atoms with Crippen molar-refractivity contribution in [2.75, 3.05) is 13.1 Å². The summed E-state index contributed by atoms with van der Waals surface area (Å²) >= 11 is 1.68. The van der Waals surface area contributed by atoms with Crippen LogP contribution in [0.4, 0.5) is 0 Å². The van der Waals surface area contributed by atoms with Gasteiger partial charge < -0.3 is 15.2 Å². The quantitative estimate of drug-likeness (QED) is 0.601. The molecule has 0 saturated heterocycles. The van der Waals surface area contributed by atoms with Gasteiger partial charge in [0.05, 0.1) is 16.4 Å². The Morgan fingerprint density at radius 1 is 1.39 bits per heavy atom. The lowest BCUT2D eigenvalue weighted by molar-refractivity contribution is 0.376. The Labute approximate surface area is 141 Å². The van der Waals surface area contributed by atoms with Crippen LogP contribution < -0.4 is 10.6 Å². The summed E-state index contributed by atoms with van der Waals surface area (Å²) in [4.78, 5) is 9.00. The van der Waals surface area contributed by atoms with E-state index in [1.54, 1.807) is 11.3 Å². The number of aryl methyl sites for hydroxylation is 1. The minimum absolute atomic E-state index is 0.365. The monoisotopic (exact) mass is 335 g/mol. The van der Waals surface area contributed by atoms with Crippen LogP contribution in [0.5, 0.6) is 0 Å². The SMILES string of the molecule is CCNC(=NCc1cc(C(C)C)no1)NCCc1csc(C)n1. The lowest BCUT2D eigenvalue weighted by atomic mass is 10.1. The molecule has 0 saturated carbocycles. The van der Waals surface area contributed by atoms with E-state index in [9.17, 15) is 0 Å². The standard InChI is InChI=1S/C16H25N5OS/c1-5-17-16(18-7-6-13-10-23-12(4)20-13)19-9-14-8-15(11(2)3)21-22-14/h8,10-11H,5-7,9H2,1-4H3,(H2,17,18,19). The van der Waals surface area contributed by atoms with Crippen LogP contribution in [0.1, 0.15) is 48.8 Å². The summed E-state index contributed by atoms with van der Waals surface area (Å²) < 4.78 is 5.31. The Morgan fingerprint density at radius 2 is 2.22 bits per heavy atom. The third-order valence-electron chi connectivity index (χ3n) is 3.25. The molecule has 0 fully saturated rings. The highest BCUT2D eigenvalue weighted by Crippen LogP contribution is 2.14. The van der Waals surface area contributed by atoms with Crippen molar-refractivity contribution in [2.24, 2.45) is 4.99 Å². The van der Waals surface area contributed by atoms with Crippen molar-refractivity contribution in [3.8, 4) is 0 Å². The van der Waals surface area contributed by atoms with E-state index in [2.05, 4.69) is 45.0 Å². The van der Waals surface area contributed by atoms with E-state index in [-0.39, 0.29) is 0 Å². The lowest BCUT2D eigenvalue weighted by Crippen LogP contribution is -2.38. The zero-order valence-electron chi connectivity index (χ0n) is 14.2.